The Morgan fingerprint density at radius 1 is 1.50 bits per heavy atom. The first kappa shape index (κ1) is 12.3. The molecule has 0 saturated carbocycles. The van der Waals surface area contributed by atoms with Crippen molar-refractivity contribution < 1.29 is 14.7 Å². The molecule has 82 valence electrons. The molecule has 4 heteroatoms. The van der Waals surface area contributed by atoms with Crippen LogP contribution in [-0.2, 0) is 16.0 Å². The lowest BCUT2D eigenvalue weighted by atomic mass is 10.1. The SMILES string of the molecule is O=CCC#Cc1ccc(Cl)c(CC(=O)O)c1. The second kappa shape index (κ2) is 5.94. The molecule has 0 saturated heterocycles. The number of carbonyl (C=O) groups excluding carboxylic acids is 1. The molecule has 1 aromatic rings. The van der Waals surface area contributed by atoms with Crippen LogP contribution in [0, 0.1) is 11.8 Å². The van der Waals surface area contributed by atoms with Crippen LogP contribution in [-0.4, -0.2) is 17.4 Å². The number of halogens is 1. The van der Waals surface area contributed by atoms with Crippen molar-refractivity contribution >= 4 is 23.9 Å². The maximum absolute atomic E-state index is 10.6. The molecule has 1 aromatic carbocycles. The monoisotopic (exact) mass is 236 g/mol. The van der Waals surface area contributed by atoms with Gasteiger partial charge in [0.1, 0.15) is 6.29 Å². The van der Waals surface area contributed by atoms with Gasteiger partial charge in [-0.1, -0.05) is 23.4 Å². The fourth-order valence-electron chi connectivity index (χ4n) is 1.15. The van der Waals surface area contributed by atoms with Crippen LogP contribution in [0.3, 0.4) is 0 Å². The van der Waals surface area contributed by atoms with Crippen LogP contribution >= 0.6 is 11.6 Å². The summed E-state index contributed by atoms with van der Waals surface area (Å²) in [5.74, 6) is 4.45. The Bertz CT molecular complexity index is 469. The quantitative estimate of drug-likeness (QED) is 0.644. The first-order valence-corrected chi connectivity index (χ1v) is 4.94. The van der Waals surface area contributed by atoms with Crippen molar-refractivity contribution in [2.24, 2.45) is 0 Å². The summed E-state index contributed by atoms with van der Waals surface area (Å²) < 4.78 is 0. The number of aldehydes is 1. The van der Waals surface area contributed by atoms with Gasteiger partial charge in [0.2, 0.25) is 0 Å². The van der Waals surface area contributed by atoms with Crippen LogP contribution in [0.5, 0.6) is 0 Å². The van der Waals surface area contributed by atoms with Crippen LogP contribution in [0.25, 0.3) is 0 Å². The summed E-state index contributed by atoms with van der Waals surface area (Å²) in [6.07, 6.45) is 0.736. The minimum absolute atomic E-state index is 0.137. The Morgan fingerprint density at radius 3 is 2.88 bits per heavy atom. The largest absolute Gasteiger partial charge is 0.481 e. The molecule has 1 rings (SSSR count). The van der Waals surface area contributed by atoms with Crippen molar-refractivity contribution in [3.05, 3.63) is 34.3 Å². The van der Waals surface area contributed by atoms with E-state index in [1.54, 1.807) is 18.2 Å². The lowest BCUT2D eigenvalue weighted by molar-refractivity contribution is -0.136. The molecule has 16 heavy (non-hydrogen) atoms. The minimum atomic E-state index is -0.945. The number of rotatable bonds is 3. The molecule has 0 spiro atoms. The van der Waals surface area contributed by atoms with Crippen molar-refractivity contribution in [3.8, 4) is 11.8 Å². The van der Waals surface area contributed by atoms with E-state index in [1.165, 1.54) is 0 Å². The van der Waals surface area contributed by atoms with Gasteiger partial charge in [0.05, 0.1) is 12.8 Å². The first-order valence-electron chi connectivity index (χ1n) is 4.56. The zero-order valence-electron chi connectivity index (χ0n) is 8.37. The predicted octanol–water partition coefficient (Wildman–Crippen LogP) is 1.91. The van der Waals surface area contributed by atoms with Crippen molar-refractivity contribution in [1.82, 2.24) is 0 Å². The lowest BCUT2D eigenvalue weighted by Crippen LogP contribution is -2.00. The number of carbonyl (C=O) groups is 2. The molecular formula is C12H9ClO3. The Labute approximate surface area is 98.0 Å². The average molecular weight is 237 g/mol. The number of benzene rings is 1. The van der Waals surface area contributed by atoms with E-state index in [0.29, 0.717) is 22.4 Å². The third-order valence-corrected chi connectivity index (χ3v) is 2.17. The van der Waals surface area contributed by atoms with Crippen molar-refractivity contribution in [1.29, 1.82) is 0 Å². The third kappa shape index (κ3) is 3.76. The van der Waals surface area contributed by atoms with Crippen LogP contribution in [0.15, 0.2) is 18.2 Å². The van der Waals surface area contributed by atoms with E-state index < -0.39 is 5.97 Å². The average Bonchev–Trinajstić information content (AvgIpc) is 2.22. The molecule has 0 aliphatic rings. The van der Waals surface area contributed by atoms with Gasteiger partial charge < -0.3 is 9.90 Å². The van der Waals surface area contributed by atoms with Crippen LogP contribution in [0.1, 0.15) is 17.5 Å². The van der Waals surface area contributed by atoms with Gasteiger partial charge in [0.25, 0.3) is 0 Å². The van der Waals surface area contributed by atoms with Crippen LogP contribution < -0.4 is 0 Å². The normalized spacial score (nSPS) is 9.06. The Kier molecular flexibility index (Phi) is 4.56. The fourth-order valence-corrected chi connectivity index (χ4v) is 1.33. The zero-order valence-corrected chi connectivity index (χ0v) is 9.12. The van der Waals surface area contributed by atoms with Crippen LogP contribution in [0.2, 0.25) is 5.02 Å². The molecule has 1 N–H and O–H groups in total. The van der Waals surface area contributed by atoms with Gasteiger partial charge in [-0.3, -0.25) is 4.79 Å². The molecule has 0 unspecified atom stereocenters. The highest BCUT2D eigenvalue weighted by atomic mass is 35.5. The summed E-state index contributed by atoms with van der Waals surface area (Å²) in [5, 5.41) is 9.06. The van der Waals surface area contributed by atoms with E-state index in [4.69, 9.17) is 16.7 Å². The maximum Gasteiger partial charge on any atom is 0.307 e. The fraction of sp³-hybridized carbons (Fsp3) is 0.167. The maximum atomic E-state index is 10.6. The van der Waals surface area contributed by atoms with Gasteiger partial charge in [0.15, 0.2) is 0 Å². The molecule has 0 aliphatic heterocycles. The number of carboxylic acids is 1. The molecule has 0 fully saturated rings. The molecule has 0 bridgehead atoms. The first-order chi connectivity index (χ1) is 7.63. The Balaban J connectivity index is 2.94. The smallest absolute Gasteiger partial charge is 0.307 e. The molecule has 0 radical (unpaired) electrons. The second-order valence-corrected chi connectivity index (χ2v) is 3.46. The zero-order chi connectivity index (χ0) is 12.0. The summed E-state index contributed by atoms with van der Waals surface area (Å²) in [6, 6.07) is 4.91. The molecule has 0 heterocycles. The predicted molar refractivity (Wildman–Crippen MR) is 60.4 cm³/mol. The highest BCUT2D eigenvalue weighted by Gasteiger charge is 2.05. The summed E-state index contributed by atoms with van der Waals surface area (Å²) >= 11 is 5.83. The minimum Gasteiger partial charge on any atom is -0.481 e. The van der Waals surface area contributed by atoms with Crippen molar-refractivity contribution in [2.45, 2.75) is 12.8 Å². The number of carboxylic acid groups (broad SMARTS) is 1. The van der Waals surface area contributed by atoms with Crippen LogP contribution in [0.4, 0.5) is 0 Å². The standard InChI is InChI=1S/C12H9ClO3/c13-11-5-4-9(3-1-2-6-14)7-10(11)8-12(15)16/h4-7H,2,8H2,(H,15,16). The molecule has 0 aliphatic carbocycles. The molecule has 0 aromatic heterocycles. The van der Waals surface area contributed by atoms with E-state index >= 15 is 0 Å². The Morgan fingerprint density at radius 2 is 2.25 bits per heavy atom. The van der Waals surface area contributed by atoms with E-state index in [0.717, 1.165) is 0 Å². The molecule has 3 nitrogen and oxygen atoms in total. The van der Waals surface area contributed by atoms with Crippen molar-refractivity contribution in [2.75, 3.05) is 0 Å². The van der Waals surface area contributed by atoms with Gasteiger partial charge in [-0.15, -0.1) is 0 Å². The van der Waals surface area contributed by atoms with Gasteiger partial charge in [0, 0.05) is 10.6 Å². The van der Waals surface area contributed by atoms with Crippen molar-refractivity contribution in [3.63, 3.8) is 0 Å². The summed E-state index contributed by atoms with van der Waals surface area (Å²) in [4.78, 5) is 20.6. The number of aliphatic carboxylic acids is 1. The van der Waals surface area contributed by atoms with Gasteiger partial charge in [-0.25, -0.2) is 0 Å². The molecule has 0 atom stereocenters. The van der Waals surface area contributed by atoms with E-state index in [-0.39, 0.29) is 12.8 Å². The number of hydrogen-bond donors (Lipinski definition) is 1. The van der Waals surface area contributed by atoms with Gasteiger partial charge in [-0.2, -0.15) is 0 Å². The molecule has 0 amide bonds. The second-order valence-electron chi connectivity index (χ2n) is 3.05. The third-order valence-electron chi connectivity index (χ3n) is 1.81. The Hall–Kier alpha value is -1.79. The summed E-state index contributed by atoms with van der Waals surface area (Å²) in [6.45, 7) is 0. The topological polar surface area (TPSA) is 54.4 Å². The highest BCUT2D eigenvalue weighted by molar-refractivity contribution is 6.31. The highest BCUT2D eigenvalue weighted by Crippen LogP contribution is 2.17. The molecular weight excluding hydrogens is 228 g/mol. The van der Waals surface area contributed by atoms with Gasteiger partial charge in [-0.05, 0) is 23.8 Å². The lowest BCUT2D eigenvalue weighted by Gasteiger charge is -2.01. The number of hydrogen-bond acceptors (Lipinski definition) is 2. The van der Waals surface area contributed by atoms with E-state index in [2.05, 4.69) is 11.8 Å². The summed E-state index contributed by atoms with van der Waals surface area (Å²) in [5.41, 5.74) is 1.18. The van der Waals surface area contributed by atoms with E-state index in [9.17, 15) is 9.59 Å². The van der Waals surface area contributed by atoms with E-state index in [1.807, 2.05) is 0 Å². The summed E-state index contributed by atoms with van der Waals surface area (Å²) in [7, 11) is 0. The van der Waals surface area contributed by atoms with Gasteiger partial charge >= 0.3 is 5.97 Å².